The fourth-order valence-electron chi connectivity index (χ4n) is 2.47. The third-order valence-corrected chi connectivity index (χ3v) is 6.99. The number of nitrogens with one attached hydrogen (secondary N) is 1. The van der Waals surface area contributed by atoms with Gasteiger partial charge in [0.15, 0.2) is 0 Å². The Hall–Kier alpha value is 0.0200. The average molecular weight is 370 g/mol. The Morgan fingerprint density at radius 1 is 1.38 bits per heavy atom. The largest absolute Gasteiger partial charge is 0.392 e. The molecule has 4 nitrogen and oxygen atoms in total. The first kappa shape index (κ1) is 17.4. The molecule has 0 heterocycles. The summed E-state index contributed by atoms with van der Waals surface area (Å²) >= 11 is 13.7. The van der Waals surface area contributed by atoms with Crippen LogP contribution in [0.25, 0.3) is 0 Å². The van der Waals surface area contributed by atoms with Crippen molar-refractivity contribution in [3.8, 4) is 0 Å². The Morgan fingerprint density at radius 2 is 2.10 bits per heavy atom. The molecule has 1 aromatic rings. The number of thioether (sulfide) groups is 1. The summed E-state index contributed by atoms with van der Waals surface area (Å²) in [6, 6.07) is 2.69. The maximum absolute atomic E-state index is 12.5. The monoisotopic (exact) mass is 369 g/mol. The lowest BCUT2D eigenvalue weighted by molar-refractivity contribution is 0.281. The third-order valence-electron chi connectivity index (χ3n) is 3.58. The Bertz CT molecular complexity index is 622. The first-order chi connectivity index (χ1) is 9.87. The molecule has 8 heteroatoms. The van der Waals surface area contributed by atoms with Gasteiger partial charge in [-0.05, 0) is 43.2 Å². The molecule has 0 aliphatic heterocycles. The summed E-state index contributed by atoms with van der Waals surface area (Å²) in [6.45, 7) is -0.361. The molecule has 0 saturated heterocycles. The highest BCUT2D eigenvalue weighted by molar-refractivity contribution is 7.99. The van der Waals surface area contributed by atoms with Crippen LogP contribution in [0.4, 0.5) is 0 Å². The van der Waals surface area contributed by atoms with Gasteiger partial charge < -0.3 is 5.11 Å². The van der Waals surface area contributed by atoms with Crippen LogP contribution in [0.3, 0.4) is 0 Å². The summed E-state index contributed by atoms with van der Waals surface area (Å²) in [6.07, 6.45) is 4.66. The lowest BCUT2D eigenvalue weighted by atomic mass is 10.2. The number of rotatable bonds is 5. The van der Waals surface area contributed by atoms with Gasteiger partial charge in [-0.3, -0.25) is 0 Å². The molecule has 2 N–H and O–H groups in total. The van der Waals surface area contributed by atoms with Gasteiger partial charge in [-0.1, -0.05) is 23.2 Å². The molecule has 21 heavy (non-hydrogen) atoms. The number of aliphatic hydroxyl groups is 1. The van der Waals surface area contributed by atoms with Crippen LogP contribution in [0.2, 0.25) is 10.0 Å². The van der Waals surface area contributed by atoms with Gasteiger partial charge in [0.2, 0.25) is 10.0 Å². The van der Waals surface area contributed by atoms with Crippen LogP contribution >= 0.6 is 35.0 Å². The minimum atomic E-state index is -3.75. The zero-order valence-corrected chi connectivity index (χ0v) is 14.6. The topological polar surface area (TPSA) is 66.4 Å². The van der Waals surface area contributed by atoms with E-state index < -0.39 is 10.0 Å². The average Bonchev–Trinajstić information content (AvgIpc) is 2.87. The second-order valence-corrected chi connectivity index (χ2v) is 8.66. The van der Waals surface area contributed by atoms with Gasteiger partial charge in [-0.2, -0.15) is 11.8 Å². The predicted octanol–water partition coefficient (Wildman–Crippen LogP) is 3.05. The van der Waals surface area contributed by atoms with Crippen molar-refractivity contribution >= 4 is 45.0 Å². The molecule has 1 aliphatic rings. The second kappa shape index (κ2) is 7.06. The van der Waals surface area contributed by atoms with E-state index in [1.165, 1.54) is 12.1 Å². The summed E-state index contributed by atoms with van der Waals surface area (Å²) in [5.41, 5.74) is 0.304. The van der Waals surface area contributed by atoms with Crippen molar-refractivity contribution in [3.05, 3.63) is 27.7 Å². The van der Waals surface area contributed by atoms with Crippen LogP contribution in [0.15, 0.2) is 17.0 Å². The van der Waals surface area contributed by atoms with E-state index >= 15 is 0 Å². The molecular weight excluding hydrogens is 353 g/mol. The predicted molar refractivity (Wildman–Crippen MR) is 87.6 cm³/mol. The van der Waals surface area contributed by atoms with E-state index in [9.17, 15) is 13.5 Å². The molecule has 2 atom stereocenters. The number of aliphatic hydroxyl groups excluding tert-OH is 1. The van der Waals surface area contributed by atoms with E-state index in [1.54, 1.807) is 11.8 Å². The SMILES string of the molecule is CSC1CCC(NS(=O)(=O)c2cc(Cl)cc(CO)c2Cl)C1. The minimum absolute atomic E-state index is 0.0220. The maximum atomic E-state index is 12.5. The zero-order chi connectivity index (χ0) is 15.6. The van der Waals surface area contributed by atoms with E-state index in [0.29, 0.717) is 10.8 Å². The first-order valence-electron chi connectivity index (χ1n) is 6.51. The molecule has 0 aromatic heterocycles. The number of sulfonamides is 1. The lowest BCUT2D eigenvalue weighted by Crippen LogP contribution is -2.33. The summed E-state index contributed by atoms with van der Waals surface area (Å²) in [7, 11) is -3.75. The molecule has 1 fully saturated rings. The van der Waals surface area contributed by atoms with E-state index in [0.717, 1.165) is 19.3 Å². The van der Waals surface area contributed by atoms with Crippen molar-refractivity contribution in [2.24, 2.45) is 0 Å². The lowest BCUT2D eigenvalue weighted by Gasteiger charge is -2.15. The first-order valence-corrected chi connectivity index (χ1v) is 10.0. The van der Waals surface area contributed by atoms with Crippen LogP contribution in [0, 0.1) is 0 Å². The fourth-order valence-corrected chi connectivity index (χ4v) is 5.48. The highest BCUT2D eigenvalue weighted by Crippen LogP contribution is 2.32. The van der Waals surface area contributed by atoms with Gasteiger partial charge in [0.1, 0.15) is 4.90 Å². The summed E-state index contributed by atoms with van der Waals surface area (Å²) < 4.78 is 27.7. The molecule has 0 bridgehead atoms. The van der Waals surface area contributed by atoms with Gasteiger partial charge in [0.25, 0.3) is 0 Å². The highest BCUT2D eigenvalue weighted by atomic mass is 35.5. The molecule has 2 unspecified atom stereocenters. The van der Waals surface area contributed by atoms with Crippen molar-refractivity contribution in [1.29, 1.82) is 0 Å². The molecule has 0 spiro atoms. The Balaban J connectivity index is 2.26. The Labute approximate surface area is 139 Å². The summed E-state index contributed by atoms with van der Waals surface area (Å²) in [5.74, 6) is 0. The second-order valence-electron chi connectivity index (χ2n) is 5.02. The van der Waals surface area contributed by atoms with Crippen molar-refractivity contribution in [1.82, 2.24) is 4.72 Å². The van der Waals surface area contributed by atoms with Crippen LogP contribution in [-0.4, -0.2) is 31.1 Å². The van der Waals surface area contributed by atoms with Crippen molar-refractivity contribution in [2.45, 2.75) is 42.1 Å². The van der Waals surface area contributed by atoms with Crippen LogP contribution < -0.4 is 4.72 Å². The Kier molecular flexibility index (Phi) is 5.84. The number of hydrogen-bond donors (Lipinski definition) is 2. The zero-order valence-electron chi connectivity index (χ0n) is 11.5. The fraction of sp³-hybridized carbons (Fsp3) is 0.538. The third kappa shape index (κ3) is 4.06. The summed E-state index contributed by atoms with van der Waals surface area (Å²) in [5, 5.41) is 9.97. The number of benzene rings is 1. The van der Waals surface area contributed by atoms with Crippen LogP contribution in [0.5, 0.6) is 0 Å². The van der Waals surface area contributed by atoms with E-state index in [1.807, 2.05) is 6.26 Å². The quantitative estimate of drug-likeness (QED) is 0.836. The summed E-state index contributed by atoms with van der Waals surface area (Å²) in [4.78, 5) is -0.0756. The van der Waals surface area contributed by atoms with Gasteiger partial charge >= 0.3 is 0 Å². The van der Waals surface area contributed by atoms with E-state index in [2.05, 4.69) is 4.72 Å². The van der Waals surface area contributed by atoms with Gasteiger partial charge in [0.05, 0.1) is 11.6 Å². The molecular formula is C13H17Cl2NO3S2. The normalized spacial score (nSPS) is 22.7. The molecule has 118 valence electrons. The van der Waals surface area contributed by atoms with Crippen molar-refractivity contribution < 1.29 is 13.5 Å². The molecule has 2 rings (SSSR count). The van der Waals surface area contributed by atoms with Gasteiger partial charge in [-0.15, -0.1) is 0 Å². The number of halogens is 2. The Morgan fingerprint density at radius 3 is 2.67 bits per heavy atom. The van der Waals surface area contributed by atoms with Gasteiger partial charge in [-0.25, -0.2) is 13.1 Å². The van der Waals surface area contributed by atoms with Crippen LogP contribution in [-0.2, 0) is 16.6 Å². The van der Waals surface area contributed by atoms with Crippen molar-refractivity contribution in [3.63, 3.8) is 0 Å². The van der Waals surface area contributed by atoms with E-state index in [4.69, 9.17) is 23.2 Å². The smallest absolute Gasteiger partial charge is 0.242 e. The molecule has 0 amide bonds. The molecule has 1 saturated carbocycles. The van der Waals surface area contributed by atoms with Crippen LogP contribution in [0.1, 0.15) is 24.8 Å². The highest BCUT2D eigenvalue weighted by Gasteiger charge is 2.29. The minimum Gasteiger partial charge on any atom is -0.392 e. The molecule has 1 aromatic carbocycles. The van der Waals surface area contributed by atoms with Crippen molar-refractivity contribution in [2.75, 3.05) is 6.26 Å². The maximum Gasteiger partial charge on any atom is 0.242 e. The molecule has 0 radical (unpaired) electrons. The standard InChI is InChI=1S/C13H17Cl2NO3S2/c1-20-11-3-2-10(6-11)16-21(18,19)12-5-9(14)4-8(7-17)13(12)15/h4-5,10-11,16-17H,2-3,6-7H2,1H3. The number of hydrogen-bond acceptors (Lipinski definition) is 4. The molecule has 1 aliphatic carbocycles. The van der Waals surface area contributed by atoms with Gasteiger partial charge in [0, 0.05) is 16.3 Å². The van der Waals surface area contributed by atoms with E-state index in [-0.39, 0.29) is 27.6 Å².